The Labute approximate surface area is 128 Å². The maximum atomic E-state index is 11.5. The molecule has 2 rings (SSSR count). The Morgan fingerprint density at radius 1 is 1.38 bits per heavy atom. The van der Waals surface area contributed by atoms with Gasteiger partial charge in [0.25, 0.3) is 5.91 Å². The topological polar surface area (TPSA) is 80.9 Å². The lowest BCUT2D eigenvalue weighted by Crippen LogP contribution is -2.16. The molecule has 2 heterocycles. The van der Waals surface area contributed by atoms with E-state index in [9.17, 15) is 4.79 Å². The maximum Gasteiger partial charge on any atom is 0.252 e. The molecule has 0 aliphatic rings. The van der Waals surface area contributed by atoms with Crippen LogP contribution >= 0.6 is 11.3 Å². The highest BCUT2D eigenvalue weighted by molar-refractivity contribution is 7.09. The molecule has 0 bridgehead atoms. The predicted molar refractivity (Wildman–Crippen MR) is 85.7 cm³/mol. The second kappa shape index (κ2) is 6.67. The molecule has 1 amide bonds. The van der Waals surface area contributed by atoms with Gasteiger partial charge >= 0.3 is 0 Å². The number of amides is 1. The molecule has 0 fully saturated rings. The van der Waals surface area contributed by atoms with E-state index in [1.165, 1.54) is 0 Å². The number of nitrogens with two attached hydrogens (primary N) is 1. The van der Waals surface area contributed by atoms with Crippen molar-refractivity contribution in [1.29, 1.82) is 0 Å². The molecule has 2 aromatic rings. The quantitative estimate of drug-likeness (QED) is 0.860. The molecule has 0 aromatic carbocycles. The Morgan fingerprint density at radius 3 is 2.81 bits per heavy atom. The Kier molecular flexibility index (Phi) is 4.90. The smallest absolute Gasteiger partial charge is 0.252 e. The number of hydrogen-bond donors (Lipinski definition) is 2. The summed E-state index contributed by atoms with van der Waals surface area (Å²) in [5.74, 6) is 0.0497. The first-order valence-electron chi connectivity index (χ1n) is 6.96. The number of primary amides is 1. The molecule has 3 N–H and O–H groups in total. The monoisotopic (exact) mass is 304 g/mol. The van der Waals surface area contributed by atoms with Crippen molar-refractivity contribution >= 4 is 23.1 Å². The van der Waals surface area contributed by atoms with Gasteiger partial charge in [0.15, 0.2) is 0 Å². The van der Waals surface area contributed by atoms with Crippen LogP contribution in [0.15, 0.2) is 11.4 Å². The minimum absolute atomic E-state index is 0.419. The molecular formula is C15H20N4OS. The van der Waals surface area contributed by atoms with Crippen molar-refractivity contribution < 1.29 is 4.79 Å². The van der Waals surface area contributed by atoms with Crippen molar-refractivity contribution in [3.63, 3.8) is 0 Å². The largest absolute Gasteiger partial charge is 0.365 e. The van der Waals surface area contributed by atoms with Gasteiger partial charge in [-0.1, -0.05) is 6.92 Å². The van der Waals surface area contributed by atoms with Gasteiger partial charge < -0.3 is 11.1 Å². The minimum Gasteiger partial charge on any atom is -0.365 e. The summed E-state index contributed by atoms with van der Waals surface area (Å²) < 4.78 is 0. The number of pyridine rings is 1. The van der Waals surface area contributed by atoms with E-state index in [1.807, 2.05) is 19.2 Å². The molecule has 0 unspecified atom stereocenters. The van der Waals surface area contributed by atoms with Gasteiger partial charge in [-0.15, -0.1) is 11.3 Å². The highest BCUT2D eigenvalue weighted by atomic mass is 32.1. The van der Waals surface area contributed by atoms with Crippen LogP contribution in [0.1, 0.15) is 45.7 Å². The third kappa shape index (κ3) is 3.78. The Bertz CT molecular complexity index is 651. The fraction of sp³-hybridized carbons (Fsp3) is 0.400. The van der Waals surface area contributed by atoms with E-state index < -0.39 is 5.91 Å². The molecular weight excluding hydrogens is 284 g/mol. The van der Waals surface area contributed by atoms with E-state index >= 15 is 0 Å². The highest BCUT2D eigenvalue weighted by Gasteiger charge is 2.12. The molecule has 0 radical (unpaired) electrons. The summed E-state index contributed by atoms with van der Waals surface area (Å²) in [6.07, 6.45) is 2.09. The Hall–Kier alpha value is -1.95. The molecule has 0 spiro atoms. The summed E-state index contributed by atoms with van der Waals surface area (Å²) in [6.45, 7) is 6.50. The lowest BCUT2D eigenvalue weighted by atomic mass is 10.1. The van der Waals surface area contributed by atoms with Crippen LogP contribution in [-0.4, -0.2) is 15.9 Å². The van der Waals surface area contributed by atoms with Gasteiger partial charge in [0.1, 0.15) is 5.82 Å². The summed E-state index contributed by atoms with van der Waals surface area (Å²) in [7, 11) is 0. The number of aromatic nitrogens is 2. The van der Waals surface area contributed by atoms with Crippen LogP contribution in [0.5, 0.6) is 0 Å². The maximum absolute atomic E-state index is 11.5. The van der Waals surface area contributed by atoms with Crippen LogP contribution in [0.2, 0.25) is 0 Å². The van der Waals surface area contributed by atoms with E-state index in [4.69, 9.17) is 5.73 Å². The van der Waals surface area contributed by atoms with Crippen LogP contribution in [0, 0.1) is 13.8 Å². The number of carbonyl (C=O) groups is 1. The van der Waals surface area contributed by atoms with Gasteiger partial charge in [-0.3, -0.25) is 4.79 Å². The highest BCUT2D eigenvalue weighted by Crippen LogP contribution is 2.18. The predicted octanol–water partition coefficient (Wildman–Crippen LogP) is 2.82. The van der Waals surface area contributed by atoms with Crippen molar-refractivity contribution in [3.05, 3.63) is 39.0 Å². The summed E-state index contributed by atoms with van der Waals surface area (Å²) in [6, 6.07) is 1.77. The first kappa shape index (κ1) is 15.4. The number of nitrogens with one attached hydrogen (secondary N) is 1. The zero-order valence-electron chi connectivity index (χ0n) is 12.6. The van der Waals surface area contributed by atoms with Crippen LogP contribution in [-0.2, 0) is 13.0 Å². The van der Waals surface area contributed by atoms with Gasteiger partial charge in [0.05, 0.1) is 22.8 Å². The minimum atomic E-state index is -0.474. The van der Waals surface area contributed by atoms with Crippen molar-refractivity contribution in [3.8, 4) is 0 Å². The second-order valence-electron chi connectivity index (χ2n) is 4.99. The second-order valence-corrected chi connectivity index (χ2v) is 5.93. The number of carbonyl (C=O) groups excluding carboxylic acids is 1. The van der Waals surface area contributed by atoms with Crippen LogP contribution in [0.4, 0.5) is 5.82 Å². The van der Waals surface area contributed by atoms with Crippen molar-refractivity contribution in [2.75, 3.05) is 5.32 Å². The van der Waals surface area contributed by atoms with Crippen molar-refractivity contribution in [2.24, 2.45) is 5.73 Å². The molecule has 5 nitrogen and oxygen atoms in total. The lowest BCUT2D eigenvalue weighted by molar-refractivity contribution is 0.100. The number of nitrogens with zero attached hydrogens (tertiary/aromatic N) is 2. The SMILES string of the molecule is CCCc1nc(CNc2nc(C)c(C)cc2C(N)=O)cs1. The summed E-state index contributed by atoms with van der Waals surface area (Å²) in [5.41, 5.74) is 8.62. The number of aryl methyl sites for hydroxylation is 3. The van der Waals surface area contributed by atoms with Crippen LogP contribution in [0.3, 0.4) is 0 Å². The van der Waals surface area contributed by atoms with Crippen LogP contribution in [0.25, 0.3) is 0 Å². The zero-order valence-corrected chi connectivity index (χ0v) is 13.4. The van der Waals surface area contributed by atoms with E-state index in [1.54, 1.807) is 17.4 Å². The number of rotatable bonds is 6. The summed E-state index contributed by atoms with van der Waals surface area (Å²) in [5, 5.41) is 6.33. The molecule has 0 aliphatic carbocycles. The van der Waals surface area contributed by atoms with Crippen LogP contribution < -0.4 is 11.1 Å². The van der Waals surface area contributed by atoms with Gasteiger partial charge in [0.2, 0.25) is 0 Å². The first-order chi connectivity index (χ1) is 10.0. The molecule has 21 heavy (non-hydrogen) atoms. The van der Waals surface area contributed by atoms with E-state index in [0.29, 0.717) is 17.9 Å². The Balaban J connectivity index is 2.15. The third-order valence-electron chi connectivity index (χ3n) is 3.23. The van der Waals surface area contributed by atoms with Gasteiger partial charge in [-0.25, -0.2) is 9.97 Å². The van der Waals surface area contributed by atoms with Gasteiger partial charge in [-0.05, 0) is 38.3 Å². The van der Waals surface area contributed by atoms with Gasteiger partial charge in [0, 0.05) is 11.1 Å². The molecule has 6 heteroatoms. The average molecular weight is 304 g/mol. The molecule has 0 atom stereocenters. The summed E-state index contributed by atoms with van der Waals surface area (Å²) >= 11 is 1.66. The number of thiazole rings is 1. The standard InChI is InChI=1S/C15H20N4OS/c1-4-5-13-19-11(8-21-13)7-17-15-12(14(16)20)6-9(2)10(3)18-15/h6,8H,4-5,7H2,1-3H3,(H2,16,20)(H,17,18). The third-order valence-corrected chi connectivity index (χ3v) is 4.19. The first-order valence-corrected chi connectivity index (χ1v) is 7.84. The number of hydrogen-bond acceptors (Lipinski definition) is 5. The molecule has 112 valence electrons. The van der Waals surface area contributed by atoms with E-state index in [-0.39, 0.29) is 0 Å². The number of anilines is 1. The zero-order chi connectivity index (χ0) is 15.4. The summed E-state index contributed by atoms with van der Waals surface area (Å²) in [4.78, 5) is 20.5. The molecule has 0 aliphatic heterocycles. The van der Waals surface area contributed by atoms with Gasteiger partial charge in [-0.2, -0.15) is 0 Å². The fourth-order valence-electron chi connectivity index (χ4n) is 1.96. The molecule has 0 saturated carbocycles. The molecule has 0 saturated heterocycles. The normalized spacial score (nSPS) is 10.6. The van der Waals surface area contributed by atoms with Crippen molar-refractivity contribution in [1.82, 2.24) is 9.97 Å². The lowest BCUT2D eigenvalue weighted by Gasteiger charge is -2.10. The molecule has 2 aromatic heterocycles. The fourth-order valence-corrected chi connectivity index (χ4v) is 2.86. The van der Waals surface area contributed by atoms with E-state index in [0.717, 1.165) is 34.8 Å². The van der Waals surface area contributed by atoms with E-state index in [2.05, 4.69) is 22.2 Å². The van der Waals surface area contributed by atoms with Crippen molar-refractivity contribution in [2.45, 2.75) is 40.2 Å². The average Bonchev–Trinajstić information content (AvgIpc) is 2.87. The Morgan fingerprint density at radius 2 is 2.14 bits per heavy atom.